The second-order valence-electron chi connectivity index (χ2n) is 4.17. The molecule has 98 valence electrons. The fraction of sp³-hybridized carbons (Fsp3) is 0.429. The Kier molecular flexibility index (Phi) is 5.92. The highest BCUT2D eigenvalue weighted by molar-refractivity contribution is 8.13. The SMILES string of the molecule is CC[C@H](c1ccccc1)[C@@H](CSC(C)=O)C(=O)O. The van der Waals surface area contributed by atoms with Crippen LogP contribution in [-0.2, 0) is 9.59 Å². The van der Waals surface area contributed by atoms with Crippen molar-refractivity contribution in [3.05, 3.63) is 35.9 Å². The van der Waals surface area contributed by atoms with Crippen molar-refractivity contribution < 1.29 is 14.7 Å². The van der Waals surface area contributed by atoms with E-state index >= 15 is 0 Å². The Balaban J connectivity index is 2.88. The number of hydrogen-bond acceptors (Lipinski definition) is 3. The molecule has 0 heterocycles. The molecule has 0 aliphatic carbocycles. The number of carboxylic acids is 1. The van der Waals surface area contributed by atoms with Crippen LogP contribution in [0.15, 0.2) is 30.3 Å². The lowest BCUT2D eigenvalue weighted by molar-refractivity contribution is -0.141. The molecule has 0 aromatic heterocycles. The van der Waals surface area contributed by atoms with E-state index in [1.165, 1.54) is 6.92 Å². The summed E-state index contributed by atoms with van der Waals surface area (Å²) in [5, 5.41) is 9.29. The lowest BCUT2D eigenvalue weighted by Gasteiger charge is -2.22. The van der Waals surface area contributed by atoms with Crippen molar-refractivity contribution in [2.75, 3.05) is 5.75 Å². The summed E-state index contributed by atoms with van der Waals surface area (Å²) in [6.45, 7) is 3.44. The third-order valence-electron chi connectivity index (χ3n) is 2.94. The summed E-state index contributed by atoms with van der Waals surface area (Å²) in [7, 11) is 0. The molecule has 1 aromatic carbocycles. The maximum atomic E-state index is 11.4. The minimum absolute atomic E-state index is 0.0378. The van der Waals surface area contributed by atoms with Gasteiger partial charge in [0.25, 0.3) is 0 Å². The summed E-state index contributed by atoms with van der Waals surface area (Å²) in [6.07, 6.45) is 0.749. The average molecular weight is 266 g/mol. The van der Waals surface area contributed by atoms with Gasteiger partial charge in [-0.15, -0.1) is 0 Å². The maximum absolute atomic E-state index is 11.4. The smallest absolute Gasteiger partial charge is 0.307 e. The molecule has 4 heteroatoms. The molecule has 0 saturated carbocycles. The van der Waals surface area contributed by atoms with Crippen molar-refractivity contribution in [1.29, 1.82) is 0 Å². The molecule has 0 spiro atoms. The second-order valence-corrected chi connectivity index (χ2v) is 5.37. The monoisotopic (exact) mass is 266 g/mol. The van der Waals surface area contributed by atoms with Crippen LogP contribution in [0.5, 0.6) is 0 Å². The molecule has 1 rings (SSSR count). The van der Waals surface area contributed by atoms with Gasteiger partial charge in [-0.2, -0.15) is 0 Å². The summed E-state index contributed by atoms with van der Waals surface area (Å²) >= 11 is 1.09. The van der Waals surface area contributed by atoms with Crippen LogP contribution in [0, 0.1) is 5.92 Å². The third kappa shape index (κ3) is 4.18. The van der Waals surface area contributed by atoms with Crippen LogP contribution < -0.4 is 0 Å². The Bertz CT molecular complexity index is 403. The van der Waals surface area contributed by atoms with E-state index in [-0.39, 0.29) is 11.0 Å². The summed E-state index contributed by atoms with van der Waals surface area (Å²) in [4.78, 5) is 22.3. The van der Waals surface area contributed by atoms with Crippen LogP contribution in [-0.4, -0.2) is 21.9 Å². The highest BCUT2D eigenvalue weighted by Gasteiger charge is 2.28. The molecule has 0 unspecified atom stereocenters. The average Bonchev–Trinajstić information content (AvgIpc) is 2.34. The molecule has 0 aliphatic rings. The second kappa shape index (κ2) is 7.21. The van der Waals surface area contributed by atoms with E-state index in [0.29, 0.717) is 5.75 Å². The van der Waals surface area contributed by atoms with Gasteiger partial charge in [0.1, 0.15) is 0 Å². The first-order valence-corrected chi connectivity index (χ1v) is 6.96. The van der Waals surface area contributed by atoms with Gasteiger partial charge in [-0.05, 0) is 17.9 Å². The van der Waals surface area contributed by atoms with Gasteiger partial charge in [0.2, 0.25) is 0 Å². The Morgan fingerprint density at radius 1 is 1.28 bits per heavy atom. The van der Waals surface area contributed by atoms with Gasteiger partial charge in [0.05, 0.1) is 5.92 Å². The normalized spacial score (nSPS) is 13.9. The number of rotatable bonds is 6. The minimum Gasteiger partial charge on any atom is -0.481 e. The Morgan fingerprint density at radius 3 is 2.33 bits per heavy atom. The largest absolute Gasteiger partial charge is 0.481 e. The molecule has 0 saturated heterocycles. The number of aliphatic carboxylic acids is 1. The molecule has 0 amide bonds. The third-order valence-corrected chi connectivity index (χ3v) is 3.87. The summed E-state index contributed by atoms with van der Waals surface area (Å²) in [5.74, 6) is -1.07. The van der Waals surface area contributed by atoms with Crippen LogP contribution in [0.2, 0.25) is 0 Å². The van der Waals surface area contributed by atoms with Gasteiger partial charge < -0.3 is 5.11 Å². The van der Waals surface area contributed by atoms with Gasteiger partial charge in [0, 0.05) is 12.7 Å². The number of carbonyl (C=O) groups excluding carboxylic acids is 1. The van der Waals surface area contributed by atoms with Crippen molar-refractivity contribution in [1.82, 2.24) is 0 Å². The zero-order chi connectivity index (χ0) is 13.5. The number of benzene rings is 1. The zero-order valence-corrected chi connectivity index (χ0v) is 11.4. The molecule has 1 N–H and O–H groups in total. The van der Waals surface area contributed by atoms with E-state index in [1.807, 2.05) is 37.3 Å². The number of carbonyl (C=O) groups is 2. The van der Waals surface area contributed by atoms with Crippen LogP contribution in [0.25, 0.3) is 0 Å². The number of carboxylic acid groups (broad SMARTS) is 1. The zero-order valence-electron chi connectivity index (χ0n) is 10.6. The molecule has 0 aliphatic heterocycles. The Labute approximate surface area is 112 Å². The van der Waals surface area contributed by atoms with Gasteiger partial charge in [-0.1, -0.05) is 49.0 Å². The van der Waals surface area contributed by atoms with Gasteiger partial charge in [-0.3, -0.25) is 9.59 Å². The minimum atomic E-state index is -0.834. The topological polar surface area (TPSA) is 54.4 Å². The molecule has 2 atom stereocenters. The highest BCUT2D eigenvalue weighted by Crippen LogP contribution is 2.30. The highest BCUT2D eigenvalue weighted by atomic mass is 32.2. The van der Waals surface area contributed by atoms with E-state index < -0.39 is 11.9 Å². The first-order valence-electron chi connectivity index (χ1n) is 5.97. The summed E-state index contributed by atoms with van der Waals surface area (Å²) in [5.41, 5.74) is 1.02. The van der Waals surface area contributed by atoms with E-state index in [1.54, 1.807) is 0 Å². The van der Waals surface area contributed by atoms with E-state index in [9.17, 15) is 14.7 Å². The van der Waals surface area contributed by atoms with Crippen LogP contribution in [0.3, 0.4) is 0 Å². The van der Waals surface area contributed by atoms with Crippen molar-refractivity contribution in [3.63, 3.8) is 0 Å². The summed E-state index contributed by atoms with van der Waals surface area (Å²) < 4.78 is 0. The maximum Gasteiger partial charge on any atom is 0.307 e. The van der Waals surface area contributed by atoms with Crippen molar-refractivity contribution >= 4 is 22.8 Å². The van der Waals surface area contributed by atoms with Gasteiger partial charge >= 0.3 is 5.97 Å². The van der Waals surface area contributed by atoms with Crippen LogP contribution in [0.1, 0.15) is 31.7 Å². The quantitative estimate of drug-likeness (QED) is 0.859. The fourth-order valence-corrected chi connectivity index (χ4v) is 2.81. The molecule has 3 nitrogen and oxygen atoms in total. The molecular weight excluding hydrogens is 248 g/mol. The first-order chi connectivity index (χ1) is 8.56. The molecule has 18 heavy (non-hydrogen) atoms. The van der Waals surface area contributed by atoms with Crippen molar-refractivity contribution in [2.24, 2.45) is 5.92 Å². The van der Waals surface area contributed by atoms with E-state index in [4.69, 9.17) is 0 Å². The molecule has 0 bridgehead atoms. The lowest BCUT2D eigenvalue weighted by atomic mass is 9.85. The summed E-state index contributed by atoms with van der Waals surface area (Å²) in [6, 6.07) is 9.63. The van der Waals surface area contributed by atoms with Crippen molar-refractivity contribution in [2.45, 2.75) is 26.2 Å². The molecule has 0 radical (unpaired) electrons. The van der Waals surface area contributed by atoms with E-state index in [0.717, 1.165) is 23.7 Å². The predicted molar refractivity (Wildman–Crippen MR) is 73.7 cm³/mol. The van der Waals surface area contributed by atoms with Gasteiger partial charge in [0.15, 0.2) is 5.12 Å². The molecule has 0 fully saturated rings. The van der Waals surface area contributed by atoms with Crippen LogP contribution in [0.4, 0.5) is 0 Å². The van der Waals surface area contributed by atoms with Crippen molar-refractivity contribution in [3.8, 4) is 0 Å². The van der Waals surface area contributed by atoms with E-state index in [2.05, 4.69) is 0 Å². The first kappa shape index (κ1) is 14.8. The van der Waals surface area contributed by atoms with Gasteiger partial charge in [-0.25, -0.2) is 0 Å². The Morgan fingerprint density at radius 2 is 1.89 bits per heavy atom. The lowest BCUT2D eigenvalue weighted by Crippen LogP contribution is -2.24. The molecule has 1 aromatic rings. The fourth-order valence-electron chi connectivity index (χ4n) is 2.02. The number of hydrogen-bond donors (Lipinski definition) is 1. The Hall–Kier alpha value is -1.29. The predicted octanol–water partition coefficient (Wildman–Crippen LogP) is 3.16. The number of thioether (sulfide) groups is 1. The molecular formula is C14H18O3S. The van der Waals surface area contributed by atoms with Crippen LogP contribution >= 0.6 is 11.8 Å². The standard InChI is InChI=1S/C14H18O3S/c1-3-12(11-7-5-4-6-8-11)13(14(16)17)9-18-10(2)15/h4-8,12-13H,3,9H2,1-2H3,(H,16,17)/t12-,13-/m1/s1.